The molecule has 0 unspecified atom stereocenters. The Bertz CT molecular complexity index is 1460. The maximum absolute atomic E-state index is 15.0. The van der Waals surface area contributed by atoms with E-state index in [1.54, 1.807) is 37.5 Å². The number of hydrogen-bond donors (Lipinski definition) is 2. The van der Waals surface area contributed by atoms with Gasteiger partial charge in [0.1, 0.15) is 11.5 Å². The van der Waals surface area contributed by atoms with Crippen molar-refractivity contribution in [2.75, 3.05) is 0 Å². The smallest absolute Gasteiger partial charge is 0.352 e. The van der Waals surface area contributed by atoms with Crippen molar-refractivity contribution in [2.45, 2.75) is 32.8 Å². The second kappa shape index (κ2) is 7.97. The standard InChI is InChI=1S/C25H24FN3O4/c1-25(2,3)16-8-14-11-27-29(23(31)22(14)19(26)10-16)20-7-5-6-17(18(20)13-30)15-9-21(24(32)33)28(4)12-15/h5-12,30H,13H2,1-4H3,(H,32,33). The van der Waals surface area contributed by atoms with Crippen LogP contribution in [0.1, 0.15) is 42.4 Å². The summed E-state index contributed by atoms with van der Waals surface area (Å²) in [5, 5.41) is 24.1. The van der Waals surface area contributed by atoms with Gasteiger partial charge in [-0.15, -0.1) is 0 Å². The van der Waals surface area contributed by atoms with E-state index >= 15 is 4.39 Å². The number of nitrogens with zero attached hydrogens (tertiary/aromatic N) is 3. The van der Waals surface area contributed by atoms with Crippen LogP contribution in [0.15, 0.2) is 53.6 Å². The molecule has 0 aliphatic heterocycles. The Balaban J connectivity index is 1.94. The number of aromatic carboxylic acids is 1. The van der Waals surface area contributed by atoms with Crippen molar-refractivity contribution >= 4 is 16.7 Å². The van der Waals surface area contributed by atoms with E-state index in [1.807, 2.05) is 20.8 Å². The lowest BCUT2D eigenvalue weighted by molar-refractivity contribution is 0.0686. The topological polar surface area (TPSA) is 97.4 Å². The van der Waals surface area contributed by atoms with E-state index in [0.29, 0.717) is 27.8 Å². The van der Waals surface area contributed by atoms with Crippen LogP contribution < -0.4 is 5.56 Å². The van der Waals surface area contributed by atoms with E-state index in [0.717, 1.165) is 10.2 Å². The second-order valence-corrected chi connectivity index (χ2v) is 9.03. The SMILES string of the molecule is Cn1cc(-c2cccc(-n3ncc4cc(C(C)(C)C)cc(F)c4c3=O)c2CO)cc1C(=O)O. The lowest BCUT2D eigenvalue weighted by Gasteiger charge is -2.20. The van der Waals surface area contributed by atoms with Crippen LogP contribution in [-0.2, 0) is 19.1 Å². The first kappa shape index (κ1) is 22.4. The van der Waals surface area contributed by atoms with Gasteiger partial charge in [-0.3, -0.25) is 4.79 Å². The molecule has 0 saturated heterocycles. The van der Waals surface area contributed by atoms with E-state index in [-0.39, 0.29) is 16.5 Å². The minimum atomic E-state index is -1.08. The number of aliphatic hydroxyl groups is 1. The Morgan fingerprint density at radius 1 is 1.18 bits per heavy atom. The quantitative estimate of drug-likeness (QED) is 0.491. The average Bonchev–Trinajstić information content (AvgIpc) is 3.14. The summed E-state index contributed by atoms with van der Waals surface area (Å²) < 4.78 is 17.6. The molecule has 2 aromatic heterocycles. The van der Waals surface area contributed by atoms with Crippen molar-refractivity contribution in [3.05, 3.63) is 81.8 Å². The second-order valence-electron chi connectivity index (χ2n) is 9.03. The fourth-order valence-electron chi connectivity index (χ4n) is 3.97. The predicted molar refractivity (Wildman–Crippen MR) is 123 cm³/mol. The molecule has 4 rings (SSSR count). The van der Waals surface area contributed by atoms with E-state index in [4.69, 9.17) is 0 Å². The molecule has 170 valence electrons. The van der Waals surface area contributed by atoms with Crippen LogP contribution in [0.4, 0.5) is 4.39 Å². The third-order valence-corrected chi connectivity index (χ3v) is 5.78. The Kier molecular flexibility index (Phi) is 5.41. The highest BCUT2D eigenvalue weighted by Gasteiger charge is 2.21. The summed E-state index contributed by atoms with van der Waals surface area (Å²) >= 11 is 0. The number of carboxylic acid groups (broad SMARTS) is 1. The molecule has 0 aliphatic rings. The Morgan fingerprint density at radius 3 is 2.52 bits per heavy atom. The Morgan fingerprint density at radius 2 is 1.91 bits per heavy atom. The summed E-state index contributed by atoms with van der Waals surface area (Å²) in [6.45, 7) is 5.45. The molecule has 0 bridgehead atoms. The summed E-state index contributed by atoms with van der Waals surface area (Å²) in [5.74, 6) is -1.71. The number of benzene rings is 2. The summed E-state index contributed by atoms with van der Waals surface area (Å²) in [4.78, 5) is 24.7. The molecule has 33 heavy (non-hydrogen) atoms. The zero-order valence-electron chi connectivity index (χ0n) is 18.8. The van der Waals surface area contributed by atoms with Gasteiger partial charge in [0.15, 0.2) is 0 Å². The zero-order chi connectivity index (χ0) is 24.1. The van der Waals surface area contributed by atoms with Crippen molar-refractivity contribution in [2.24, 2.45) is 7.05 Å². The molecule has 0 atom stereocenters. The maximum atomic E-state index is 15.0. The van der Waals surface area contributed by atoms with Crippen molar-refractivity contribution in [1.82, 2.24) is 14.3 Å². The van der Waals surface area contributed by atoms with Gasteiger partial charge in [0.2, 0.25) is 0 Å². The molecule has 4 aromatic rings. The molecule has 0 saturated carbocycles. The van der Waals surface area contributed by atoms with Crippen LogP contribution in [0.25, 0.3) is 27.6 Å². The molecule has 0 amide bonds. The number of aromatic nitrogens is 3. The highest BCUT2D eigenvalue weighted by atomic mass is 19.1. The van der Waals surface area contributed by atoms with E-state index in [1.165, 1.54) is 22.9 Å². The van der Waals surface area contributed by atoms with E-state index in [2.05, 4.69) is 5.10 Å². The lowest BCUT2D eigenvalue weighted by atomic mass is 9.86. The number of hydrogen-bond acceptors (Lipinski definition) is 4. The van der Waals surface area contributed by atoms with Crippen molar-refractivity contribution < 1.29 is 19.4 Å². The molecule has 8 heteroatoms. The zero-order valence-corrected chi connectivity index (χ0v) is 18.8. The number of fused-ring (bicyclic) bond motifs is 1. The van der Waals surface area contributed by atoms with Crippen molar-refractivity contribution in [3.8, 4) is 16.8 Å². The highest BCUT2D eigenvalue weighted by Crippen LogP contribution is 2.30. The van der Waals surface area contributed by atoms with Crippen LogP contribution in [0.5, 0.6) is 0 Å². The average molecular weight is 449 g/mol. The van der Waals surface area contributed by atoms with Crippen LogP contribution in [0.3, 0.4) is 0 Å². The Hall–Kier alpha value is -3.78. The molecular formula is C25H24FN3O4. The van der Waals surface area contributed by atoms with Gasteiger partial charge < -0.3 is 14.8 Å². The molecule has 0 spiro atoms. The minimum Gasteiger partial charge on any atom is -0.477 e. The number of carboxylic acids is 1. The molecular weight excluding hydrogens is 425 g/mol. The molecule has 2 N–H and O–H groups in total. The third kappa shape index (κ3) is 3.82. The van der Waals surface area contributed by atoms with Crippen molar-refractivity contribution in [1.29, 1.82) is 0 Å². The molecule has 2 aromatic carbocycles. The minimum absolute atomic E-state index is 0.0806. The summed E-state index contributed by atoms with van der Waals surface area (Å²) in [5.41, 5.74) is 1.68. The van der Waals surface area contributed by atoms with Gasteiger partial charge in [0, 0.05) is 29.8 Å². The largest absolute Gasteiger partial charge is 0.477 e. The third-order valence-electron chi connectivity index (χ3n) is 5.78. The van der Waals surface area contributed by atoms with Crippen molar-refractivity contribution in [3.63, 3.8) is 0 Å². The van der Waals surface area contributed by atoms with Gasteiger partial charge >= 0.3 is 5.97 Å². The van der Waals surface area contributed by atoms with Crippen LogP contribution >= 0.6 is 0 Å². The van der Waals surface area contributed by atoms with Crippen LogP contribution in [-0.4, -0.2) is 30.5 Å². The fraction of sp³-hybridized carbons (Fsp3) is 0.240. The first-order valence-electron chi connectivity index (χ1n) is 10.4. The van der Waals surface area contributed by atoms with Gasteiger partial charge in [-0.25, -0.2) is 9.18 Å². The van der Waals surface area contributed by atoms with Gasteiger partial charge in [0.25, 0.3) is 5.56 Å². The van der Waals surface area contributed by atoms with Gasteiger partial charge in [0.05, 0.1) is 23.9 Å². The first-order valence-corrected chi connectivity index (χ1v) is 10.4. The highest BCUT2D eigenvalue weighted by molar-refractivity contribution is 5.89. The van der Waals surface area contributed by atoms with Crippen LogP contribution in [0.2, 0.25) is 0 Å². The molecule has 0 fully saturated rings. The van der Waals surface area contributed by atoms with E-state index < -0.39 is 24.0 Å². The van der Waals surface area contributed by atoms with E-state index in [9.17, 15) is 19.8 Å². The monoisotopic (exact) mass is 449 g/mol. The van der Waals surface area contributed by atoms with Gasteiger partial charge in [-0.2, -0.15) is 9.78 Å². The number of halogens is 1. The molecule has 2 heterocycles. The molecule has 0 radical (unpaired) electrons. The lowest BCUT2D eigenvalue weighted by Crippen LogP contribution is -2.24. The summed E-state index contributed by atoms with van der Waals surface area (Å²) in [6.07, 6.45) is 3.07. The first-order chi connectivity index (χ1) is 15.5. The number of carbonyl (C=O) groups is 1. The number of rotatable bonds is 4. The van der Waals surface area contributed by atoms with Gasteiger partial charge in [-0.1, -0.05) is 32.9 Å². The Labute approximate surface area is 189 Å². The summed E-state index contributed by atoms with van der Waals surface area (Å²) in [6, 6.07) is 9.63. The van der Waals surface area contributed by atoms with Gasteiger partial charge in [-0.05, 0) is 40.8 Å². The normalized spacial score (nSPS) is 11.8. The number of aliphatic hydroxyl groups excluding tert-OH is 1. The molecule has 0 aliphatic carbocycles. The summed E-state index contributed by atoms with van der Waals surface area (Å²) in [7, 11) is 1.61. The predicted octanol–water partition coefficient (Wildman–Crippen LogP) is 4.02. The van der Waals surface area contributed by atoms with Crippen LogP contribution in [0, 0.1) is 5.82 Å². The molecule has 7 nitrogen and oxygen atoms in total. The fourth-order valence-corrected chi connectivity index (χ4v) is 3.97. The number of aryl methyl sites for hydroxylation is 1. The maximum Gasteiger partial charge on any atom is 0.352 e.